The van der Waals surface area contributed by atoms with Crippen LogP contribution in [0.25, 0.3) is 98.6 Å². The molecule has 4 heteroatoms. The molecule has 0 fully saturated rings. The van der Waals surface area contributed by atoms with E-state index in [2.05, 4.69) is 410 Å². The monoisotopic (exact) mass is 1390 g/mol. The van der Waals surface area contributed by atoms with Crippen LogP contribution >= 0.6 is 0 Å². The fourth-order valence-corrected chi connectivity index (χ4v) is 18.3. The Balaban J connectivity index is 0.000000251. The molecule has 0 saturated heterocycles. The van der Waals surface area contributed by atoms with Crippen molar-refractivity contribution in [3.8, 4) is 44.5 Å². The van der Waals surface area contributed by atoms with E-state index < -0.39 is 10.8 Å². The van der Waals surface area contributed by atoms with Crippen molar-refractivity contribution < 1.29 is 0 Å². The predicted molar refractivity (Wildman–Crippen MR) is 458 cm³/mol. The van der Waals surface area contributed by atoms with Gasteiger partial charge >= 0.3 is 0 Å². The van der Waals surface area contributed by atoms with Gasteiger partial charge in [-0.3, -0.25) is 9.97 Å². The zero-order chi connectivity index (χ0) is 71.9. The Morgan fingerprint density at radius 3 is 0.908 bits per heavy atom. The summed E-state index contributed by atoms with van der Waals surface area (Å²) in [6, 6.07) is 143. The smallest absolute Gasteiger partial charge is 0.0970 e. The number of anilines is 6. The molecule has 0 radical (unpaired) electrons. The zero-order valence-corrected chi connectivity index (χ0v) is 59.9. The van der Waals surface area contributed by atoms with Gasteiger partial charge in [-0.05, 0) is 208 Å². The van der Waals surface area contributed by atoms with Crippen molar-refractivity contribution in [3.63, 3.8) is 0 Å². The van der Waals surface area contributed by atoms with E-state index >= 15 is 0 Å². The minimum Gasteiger partial charge on any atom is -0.310 e. The largest absolute Gasteiger partial charge is 0.310 e. The van der Waals surface area contributed by atoms with Crippen LogP contribution in [-0.2, 0) is 10.8 Å². The van der Waals surface area contributed by atoms with E-state index in [1.807, 2.05) is 24.5 Å². The highest BCUT2D eigenvalue weighted by atomic mass is 15.2. The maximum atomic E-state index is 4.67. The summed E-state index contributed by atoms with van der Waals surface area (Å²) in [7, 11) is 0. The number of benzene rings is 17. The van der Waals surface area contributed by atoms with E-state index in [0.29, 0.717) is 0 Å². The molecule has 17 aromatic carbocycles. The van der Waals surface area contributed by atoms with E-state index in [1.165, 1.54) is 132 Å². The first-order valence-electron chi connectivity index (χ1n) is 37.3. The molecule has 0 N–H and O–H groups in total. The van der Waals surface area contributed by atoms with E-state index in [0.717, 1.165) is 55.9 Å². The van der Waals surface area contributed by atoms with Crippen molar-refractivity contribution in [2.45, 2.75) is 32.1 Å². The number of fused-ring (bicyclic) bond motifs is 9. The van der Waals surface area contributed by atoms with Gasteiger partial charge in [-0.2, -0.15) is 0 Å². The molecule has 0 unspecified atom stereocenters. The Morgan fingerprint density at radius 2 is 0.541 bits per heavy atom. The average Bonchev–Trinajstić information content (AvgIpc) is 1.71. The number of hydrogen-bond acceptors (Lipinski definition) is 4. The number of pyridine rings is 2. The Morgan fingerprint density at radius 1 is 0.239 bits per heavy atom. The van der Waals surface area contributed by atoms with Gasteiger partial charge in [-0.1, -0.05) is 323 Å². The maximum Gasteiger partial charge on any atom is 0.0970 e. The highest BCUT2D eigenvalue weighted by molar-refractivity contribution is 6.28. The molecule has 19 aromatic rings. The Kier molecular flexibility index (Phi) is 16.3. The molecule has 0 bridgehead atoms. The first kappa shape index (κ1) is 65.9. The van der Waals surface area contributed by atoms with Crippen LogP contribution in [0.3, 0.4) is 0 Å². The van der Waals surface area contributed by atoms with Crippen LogP contribution in [-0.4, -0.2) is 9.97 Å². The second-order valence-electron chi connectivity index (χ2n) is 28.8. The van der Waals surface area contributed by atoms with Crippen LogP contribution in [0.15, 0.2) is 401 Å². The summed E-state index contributed by atoms with van der Waals surface area (Å²) in [6.07, 6.45) is 3.75. The average molecular weight is 1390 g/mol. The molecule has 0 aliphatic heterocycles. The van der Waals surface area contributed by atoms with Crippen molar-refractivity contribution in [1.82, 2.24) is 9.97 Å². The first-order chi connectivity index (χ1) is 53.4. The number of aryl methyl sites for hydroxylation is 2. The van der Waals surface area contributed by atoms with Gasteiger partial charge in [0, 0.05) is 56.7 Å². The third-order valence-corrected chi connectivity index (χ3v) is 22.8. The van der Waals surface area contributed by atoms with Crippen LogP contribution in [0.4, 0.5) is 34.1 Å². The molecule has 21 rings (SSSR count). The lowest BCUT2D eigenvalue weighted by Crippen LogP contribution is -2.28. The third-order valence-electron chi connectivity index (χ3n) is 22.8. The molecule has 0 saturated carbocycles. The summed E-state index contributed by atoms with van der Waals surface area (Å²) in [5.41, 5.74) is 29.9. The van der Waals surface area contributed by atoms with E-state index in [9.17, 15) is 0 Å². The fourth-order valence-electron chi connectivity index (χ4n) is 18.3. The zero-order valence-electron chi connectivity index (χ0n) is 59.9. The number of hydrogen-bond donors (Lipinski definition) is 0. The van der Waals surface area contributed by atoms with Gasteiger partial charge in [0.15, 0.2) is 0 Å². The van der Waals surface area contributed by atoms with Crippen molar-refractivity contribution in [2.75, 3.05) is 9.80 Å². The summed E-state index contributed by atoms with van der Waals surface area (Å²) < 4.78 is 0. The van der Waals surface area contributed by atoms with Crippen molar-refractivity contribution >= 4 is 88.2 Å². The highest BCUT2D eigenvalue weighted by Gasteiger charge is 2.48. The van der Waals surface area contributed by atoms with Crippen molar-refractivity contribution in [3.05, 3.63) is 456 Å². The number of nitrogens with zero attached hydrogens (tertiary/aromatic N) is 4. The number of aromatic nitrogens is 2. The lowest BCUT2D eigenvalue weighted by atomic mass is 9.67. The molecule has 2 heterocycles. The number of rotatable bonds is 12. The fraction of sp³-hybridized carbons (Fsp3) is 0.0476. The topological polar surface area (TPSA) is 32.3 Å². The third kappa shape index (κ3) is 10.6. The quantitative estimate of drug-likeness (QED) is 0.114. The summed E-state index contributed by atoms with van der Waals surface area (Å²) in [4.78, 5) is 14.3. The second-order valence-corrected chi connectivity index (χ2v) is 28.8. The molecule has 0 amide bonds. The van der Waals surface area contributed by atoms with Crippen LogP contribution in [0.1, 0.15) is 63.1 Å². The van der Waals surface area contributed by atoms with Crippen LogP contribution in [0.5, 0.6) is 0 Å². The Labute approximate surface area is 636 Å². The van der Waals surface area contributed by atoms with Gasteiger partial charge in [-0.25, -0.2) is 0 Å². The molecular formula is C105H76N4. The normalized spacial score (nSPS) is 12.8. The van der Waals surface area contributed by atoms with E-state index in [4.69, 9.17) is 0 Å². The van der Waals surface area contributed by atoms with E-state index in [1.54, 1.807) is 0 Å². The molecule has 4 nitrogen and oxygen atoms in total. The molecule has 516 valence electrons. The van der Waals surface area contributed by atoms with Crippen LogP contribution in [0.2, 0.25) is 0 Å². The maximum absolute atomic E-state index is 4.67. The van der Waals surface area contributed by atoms with Gasteiger partial charge in [0.1, 0.15) is 0 Å². The molecule has 2 aromatic heterocycles. The molecular weight excluding hydrogens is 1320 g/mol. The summed E-state index contributed by atoms with van der Waals surface area (Å²) in [5, 5.41) is 9.57. The molecule has 2 aliphatic carbocycles. The standard InChI is InChI=1S/C80H56N2.C24H16N2.CH4/c1-53-21-17-29-61(49-53)81(63-31-19-27-59(51-63)79(57-23-5-3-6-24-57)71-37-13-9-33-65(71)66-34-10-14-38-72(66)79)75-47-43-55-42-46-70-76(48-44-56-41-45-69(75)77(55)78(56)70)82(62-30-18-22-54(2)50-62)64-32-20-28-60(52-64)80(58-25-7-4-8-26-58)73-39-15-11-35-67(73)68-36-12-16-40-74(68)80;1-3-7-17(8-4-1)19-13-15-25-23-21(19)11-12-22-20(14-16-26-24(22)23)18-9-5-2-6-10-18;/h3-52H,1-2H3;1-16H;1H4. The Bertz CT molecular complexity index is 6170. The van der Waals surface area contributed by atoms with E-state index in [-0.39, 0.29) is 7.43 Å². The van der Waals surface area contributed by atoms with Crippen LogP contribution < -0.4 is 9.80 Å². The van der Waals surface area contributed by atoms with Gasteiger partial charge in [-0.15, -0.1) is 0 Å². The highest BCUT2D eigenvalue weighted by Crippen LogP contribution is 2.59. The van der Waals surface area contributed by atoms with Gasteiger partial charge in [0.25, 0.3) is 0 Å². The second kappa shape index (κ2) is 27.0. The van der Waals surface area contributed by atoms with Crippen molar-refractivity contribution in [2.24, 2.45) is 0 Å². The summed E-state index contributed by atoms with van der Waals surface area (Å²) in [6.45, 7) is 4.40. The van der Waals surface area contributed by atoms with Crippen LogP contribution in [0, 0.1) is 13.8 Å². The van der Waals surface area contributed by atoms with Gasteiger partial charge < -0.3 is 9.80 Å². The minimum atomic E-state index is -0.543. The van der Waals surface area contributed by atoms with Gasteiger partial charge in [0.05, 0.1) is 33.2 Å². The lowest BCUT2D eigenvalue weighted by Gasteiger charge is -2.35. The Hall–Kier alpha value is -13.8. The minimum absolute atomic E-state index is 0. The molecule has 2 aliphatic rings. The predicted octanol–water partition coefficient (Wildman–Crippen LogP) is 27.6. The summed E-state index contributed by atoms with van der Waals surface area (Å²) in [5.74, 6) is 0. The summed E-state index contributed by atoms with van der Waals surface area (Å²) >= 11 is 0. The molecule has 109 heavy (non-hydrogen) atoms. The molecule has 0 atom stereocenters. The first-order valence-corrected chi connectivity index (χ1v) is 37.3. The van der Waals surface area contributed by atoms with Gasteiger partial charge in [0.2, 0.25) is 0 Å². The SMILES string of the molecule is C.Cc1cccc(N(c2cccc(C3(c4ccccc4)c4ccccc4-c4ccccc43)c2)c2ccc3ccc4c(N(c5cccc(C)c5)c5cccc(C6(c7ccccc7)c7ccccc7-c7ccccc76)c5)ccc5ccc2c3c54)c1.c1ccc(-c2ccnc3c2ccc2c(-c4ccccc4)ccnc23)cc1. The molecule has 0 spiro atoms. The van der Waals surface area contributed by atoms with Crippen molar-refractivity contribution in [1.29, 1.82) is 0 Å². The lowest BCUT2D eigenvalue weighted by molar-refractivity contribution is 0.768.